The van der Waals surface area contributed by atoms with E-state index in [4.69, 9.17) is 4.98 Å². The van der Waals surface area contributed by atoms with Crippen molar-refractivity contribution in [3.05, 3.63) is 27.7 Å². The predicted molar refractivity (Wildman–Crippen MR) is 76.8 cm³/mol. The van der Waals surface area contributed by atoms with Crippen molar-refractivity contribution in [3.63, 3.8) is 0 Å². The van der Waals surface area contributed by atoms with Crippen LogP contribution in [0.4, 0.5) is 0 Å². The minimum atomic E-state index is 0.679. The molecule has 3 rings (SSSR count). The second-order valence-corrected chi connectivity index (χ2v) is 6.93. The van der Waals surface area contributed by atoms with Gasteiger partial charge in [0.1, 0.15) is 0 Å². The smallest absolute Gasteiger partial charge is 0.0970 e. The monoisotopic (exact) mass is 310 g/mol. The van der Waals surface area contributed by atoms with Gasteiger partial charge in [0.15, 0.2) is 0 Å². The Kier molecular flexibility index (Phi) is 2.97. The van der Waals surface area contributed by atoms with E-state index in [0.29, 0.717) is 5.92 Å². The number of halogens is 1. The number of hydrogen-bond donors (Lipinski definition) is 0. The lowest BCUT2D eigenvalue weighted by Gasteiger charge is -2.38. The summed E-state index contributed by atoms with van der Waals surface area (Å²) in [7, 11) is 4.33. The number of aromatic nitrogens is 1. The average Bonchev–Trinajstić information content (AvgIpc) is 2.56. The number of rotatable bonds is 2. The highest BCUT2D eigenvalue weighted by Gasteiger charge is 2.33. The molecule has 0 spiro atoms. The summed E-state index contributed by atoms with van der Waals surface area (Å²) >= 11 is 5.35. The van der Waals surface area contributed by atoms with Crippen LogP contribution in [0, 0.1) is 0 Å². The number of nitrogens with zero attached hydrogens (tertiary/aromatic N) is 2. The molecule has 1 aliphatic carbocycles. The molecule has 4 heteroatoms. The standard InChI is InChI=1S/C13H15BrN2S/c1-16(2)10-5-8(6-10)13-15-11-7-9(14)3-4-12(11)17-13/h3-4,7-8,10H,5-6H2,1-2H3. The number of fused-ring (bicyclic) bond motifs is 1. The highest BCUT2D eigenvalue weighted by atomic mass is 79.9. The van der Waals surface area contributed by atoms with E-state index in [1.165, 1.54) is 22.5 Å². The third kappa shape index (κ3) is 2.14. The van der Waals surface area contributed by atoms with Crippen LogP contribution in [0.1, 0.15) is 23.8 Å². The van der Waals surface area contributed by atoms with Crippen molar-refractivity contribution in [2.75, 3.05) is 14.1 Å². The SMILES string of the molecule is CN(C)C1CC(c2nc3cc(Br)ccc3s2)C1. The molecule has 1 heterocycles. The first-order valence-corrected chi connectivity index (χ1v) is 7.47. The van der Waals surface area contributed by atoms with Crippen LogP contribution >= 0.6 is 27.3 Å². The molecule has 1 saturated carbocycles. The fraction of sp³-hybridized carbons (Fsp3) is 0.462. The highest BCUT2D eigenvalue weighted by molar-refractivity contribution is 9.10. The van der Waals surface area contributed by atoms with E-state index in [0.717, 1.165) is 16.0 Å². The zero-order valence-corrected chi connectivity index (χ0v) is 12.4. The van der Waals surface area contributed by atoms with Gasteiger partial charge in [-0.2, -0.15) is 0 Å². The zero-order chi connectivity index (χ0) is 12.0. The maximum atomic E-state index is 4.76. The van der Waals surface area contributed by atoms with Gasteiger partial charge < -0.3 is 4.90 Å². The molecule has 0 bridgehead atoms. The molecular weight excluding hydrogens is 296 g/mol. The summed E-state index contributed by atoms with van der Waals surface area (Å²) in [4.78, 5) is 7.08. The van der Waals surface area contributed by atoms with Crippen molar-refractivity contribution in [1.29, 1.82) is 0 Å². The molecule has 1 aliphatic rings. The van der Waals surface area contributed by atoms with Gasteiger partial charge in [0.2, 0.25) is 0 Å². The summed E-state index contributed by atoms with van der Waals surface area (Å²) in [5.74, 6) is 0.679. The normalized spacial score (nSPS) is 24.2. The van der Waals surface area contributed by atoms with Crippen LogP contribution in [-0.2, 0) is 0 Å². The van der Waals surface area contributed by atoms with E-state index in [2.05, 4.69) is 53.1 Å². The predicted octanol–water partition coefficient (Wildman–Crippen LogP) is 3.87. The Hall–Kier alpha value is -0.450. The summed E-state index contributed by atoms with van der Waals surface area (Å²) in [6, 6.07) is 7.10. The van der Waals surface area contributed by atoms with Gasteiger partial charge in [-0.3, -0.25) is 0 Å². The van der Waals surface area contributed by atoms with Crippen molar-refractivity contribution in [2.45, 2.75) is 24.8 Å². The summed E-state index contributed by atoms with van der Waals surface area (Å²) in [6.07, 6.45) is 2.52. The minimum absolute atomic E-state index is 0.679. The Morgan fingerprint density at radius 1 is 1.35 bits per heavy atom. The molecule has 2 nitrogen and oxygen atoms in total. The maximum absolute atomic E-state index is 4.76. The second kappa shape index (κ2) is 4.34. The molecule has 1 fully saturated rings. The topological polar surface area (TPSA) is 16.1 Å². The van der Waals surface area contributed by atoms with Crippen LogP contribution in [-0.4, -0.2) is 30.0 Å². The fourth-order valence-corrected chi connectivity index (χ4v) is 3.73. The molecule has 0 unspecified atom stereocenters. The zero-order valence-electron chi connectivity index (χ0n) is 9.98. The first kappa shape index (κ1) is 11.6. The Labute approximate surface area is 114 Å². The molecule has 90 valence electrons. The van der Waals surface area contributed by atoms with Gasteiger partial charge in [-0.05, 0) is 45.1 Å². The van der Waals surface area contributed by atoms with Crippen molar-refractivity contribution in [1.82, 2.24) is 9.88 Å². The highest BCUT2D eigenvalue weighted by Crippen LogP contribution is 2.42. The minimum Gasteiger partial charge on any atom is -0.306 e. The first-order valence-electron chi connectivity index (χ1n) is 5.86. The lowest BCUT2D eigenvalue weighted by atomic mass is 9.80. The number of thiazole rings is 1. The molecule has 0 saturated heterocycles. The van der Waals surface area contributed by atoms with Crippen molar-refractivity contribution < 1.29 is 0 Å². The van der Waals surface area contributed by atoms with E-state index in [9.17, 15) is 0 Å². The fourth-order valence-electron chi connectivity index (χ4n) is 2.30. The Bertz CT molecular complexity index is 543. The quantitative estimate of drug-likeness (QED) is 0.837. The van der Waals surface area contributed by atoms with E-state index >= 15 is 0 Å². The molecule has 0 atom stereocenters. The second-order valence-electron chi connectivity index (χ2n) is 4.95. The van der Waals surface area contributed by atoms with Gasteiger partial charge >= 0.3 is 0 Å². The van der Waals surface area contributed by atoms with Gasteiger partial charge in [0.05, 0.1) is 15.2 Å². The lowest BCUT2D eigenvalue weighted by Crippen LogP contribution is -2.39. The van der Waals surface area contributed by atoms with Gasteiger partial charge in [0.25, 0.3) is 0 Å². The van der Waals surface area contributed by atoms with Gasteiger partial charge in [0, 0.05) is 16.4 Å². The molecule has 0 radical (unpaired) electrons. The molecule has 17 heavy (non-hydrogen) atoms. The maximum Gasteiger partial charge on any atom is 0.0970 e. The third-order valence-corrected chi connectivity index (χ3v) is 5.25. The lowest BCUT2D eigenvalue weighted by molar-refractivity contribution is 0.166. The molecular formula is C13H15BrN2S. The molecule has 0 aliphatic heterocycles. The van der Waals surface area contributed by atoms with Crippen LogP contribution in [0.3, 0.4) is 0 Å². The van der Waals surface area contributed by atoms with Crippen LogP contribution in [0.5, 0.6) is 0 Å². The van der Waals surface area contributed by atoms with Crippen molar-refractivity contribution in [2.24, 2.45) is 0 Å². The number of benzene rings is 1. The molecule has 0 amide bonds. The van der Waals surface area contributed by atoms with E-state index in [1.807, 2.05) is 11.3 Å². The number of hydrogen-bond acceptors (Lipinski definition) is 3. The summed E-state index contributed by atoms with van der Waals surface area (Å²) in [6.45, 7) is 0. The average molecular weight is 311 g/mol. The van der Waals surface area contributed by atoms with E-state index < -0.39 is 0 Å². The Morgan fingerprint density at radius 3 is 2.82 bits per heavy atom. The van der Waals surface area contributed by atoms with Crippen LogP contribution in [0.2, 0.25) is 0 Å². The van der Waals surface area contributed by atoms with Gasteiger partial charge in [-0.25, -0.2) is 4.98 Å². The molecule has 0 N–H and O–H groups in total. The summed E-state index contributed by atoms with van der Waals surface area (Å²) in [5.41, 5.74) is 1.13. The van der Waals surface area contributed by atoms with Crippen LogP contribution < -0.4 is 0 Å². The van der Waals surface area contributed by atoms with E-state index in [-0.39, 0.29) is 0 Å². The first-order chi connectivity index (χ1) is 8.13. The largest absolute Gasteiger partial charge is 0.306 e. The van der Waals surface area contributed by atoms with E-state index in [1.54, 1.807) is 0 Å². The molecule has 1 aromatic carbocycles. The van der Waals surface area contributed by atoms with Crippen molar-refractivity contribution in [3.8, 4) is 0 Å². The van der Waals surface area contributed by atoms with Crippen LogP contribution in [0.15, 0.2) is 22.7 Å². The van der Waals surface area contributed by atoms with Crippen LogP contribution in [0.25, 0.3) is 10.2 Å². The Morgan fingerprint density at radius 2 is 2.12 bits per heavy atom. The van der Waals surface area contributed by atoms with Crippen molar-refractivity contribution >= 4 is 37.5 Å². The van der Waals surface area contributed by atoms with Gasteiger partial charge in [-0.15, -0.1) is 11.3 Å². The molecule has 2 aromatic rings. The third-order valence-electron chi connectivity index (χ3n) is 3.56. The van der Waals surface area contributed by atoms with Gasteiger partial charge in [-0.1, -0.05) is 15.9 Å². The summed E-state index contributed by atoms with van der Waals surface area (Å²) in [5, 5.41) is 1.32. The molecule has 1 aromatic heterocycles. The Balaban J connectivity index is 1.83. The summed E-state index contributed by atoms with van der Waals surface area (Å²) < 4.78 is 2.41.